The lowest BCUT2D eigenvalue weighted by Crippen LogP contribution is -2.58. The third-order valence-corrected chi connectivity index (χ3v) is 5.50. The number of nitrogens with zero attached hydrogens (tertiary/aromatic N) is 2. The number of fused-ring (bicyclic) bond motifs is 3. The van der Waals surface area contributed by atoms with Crippen LogP contribution in [0, 0.1) is 0 Å². The molecule has 2 saturated heterocycles. The number of hydrogen-bond donors (Lipinski definition) is 3. The van der Waals surface area contributed by atoms with Crippen LogP contribution in [0.5, 0.6) is 5.75 Å². The standard InChI is InChI=1S/C19H26N4O3/c1-3-11(2)23-17-8-15(24)4-5-16(17)18(22-23)19(25)21-12-6-13-9-26-10-14(7-12)20-13/h4-5,8,11-14,20,24H,3,6-7,9-10H2,1-2H3,(H,21,25)/t11?,12-,13-,14+. The fourth-order valence-electron chi connectivity index (χ4n) is 4.01. The zero-order valence-corrected chi connectivity index (χ0v) is 15.2. The number of nitrogens with one attached hydrogen (secondary N) is 2. The minimum absolute atomic E-state index is 0.128. The molecule has 0 radical (unpaired) electrons. The molecule has 1 aromatic heterocycles. The highest BCUT2D eigenvalue weighted by atomic mass is 16.5. The normalized spacial score (nSPS) is 26.6. The lowest BCUT2D eigenvalue weighted by Gasteiger charge is -2.40. The van der Waals surface area contributed by atoms with E-state index in [-0.39, 0.29) is 23.7 Å². The van der Waals surface area contributed by atoms with Gasteiger partial charge in [0.1, 0.15) is 5.75 Å². The van der Waals surface area contributed by atoms with Gasteiger partial charge < -0.3 is 20.5 Å². The molecule has 2 fully saturated rings. The first-order valence-electron chi connectivity index (χ1n) is 9.41. The topological polar surface area (TPSA) is 88.4 Å². The molecular formula is C19H26N4O3. The largest absolute Gasteiger partial charge is 0.508 e. The van der Waals surface area contributed by atoms with E-state index in [1.807, 2.05) is 4.68 Å². The summed E-state index contributed by atoms with van der Waals surface area (Å²) < 4.78 is 7.41. The molecule has 1 amide bonds. The van der Waals surface area contributed by atoms with Gasteiger partial charge in [-0.3, -0.25) is 9.48 Å². The molecule has 2 aliphatic heterocycles. The van der Waals surface area contributed by atoms with Crippen LogP contribution in [-0.4, -0.2) is 52.1 Å². The van der Waals surface area contributed by atoms with Crippen molar-refractivity contribution in [2.24, 2.45) is 0 Å². The van der Waals surface area contributed by atoms with E-state index >= 15 is 0 Å². The van der Waals surface area contributed by atoms with Crippen LogP contribution in [-0.2, 0) is 4.74 Å². The summed E-state index contributed by atoms with van der Waals surface area (Å²) in [5.41, 5.74) is 1.22. The van der Waals surface area contributed by atoms with Gasteiger partial charge in [-0.1, -0.05) is 6.92 Å². The first kappa shape index (κ1) is 17.3. The van der Waals surface area contributed by atoms with E-state index in [1.54, 1.807) is 18.2 Å². The van der Waals surface area contributed by atoms with Gasteiger partial charge in [0.05, 0.1) is 18.7 Å². The highest BCUT2D eigenvalue weighted by Gasteiger charge is 2.33. The van der Waals surface area contributed by atoms with Crippen LogP contribution in [0.15, 0.2) is 18.2 Å². The monoisotopic (exact) mass is 358 g/mol. The number of morpholine rings is 1. The van der Waals surface area contributed by atoms with Crippen LogP contribution >= 0.6 is 0 Å². The lowest BCUT2D eigenvalue weighted by molar-refractivity contribution is 0.0148. The number of rotatable bonds is 4. The van der Waals surface area contributed by atoms with E-state index in [4.69, 9.17) is 4.74 Å². The molecule has 2 aromatic rings. The molecule has 4 rings (SSSR count). The molecule has 0 aliphatic carbocycles. The Balaban J connectivity index is 1.60. The minimum atomic E-state index is -0.145. The van der Waals surface area contributed by atoms with Crippen molar-refractivity contribution >= 4 is 16.8 Å². The van der Waals surface area contributed by atoms with Gasteiger partial charge in [0.25, 0.3) is 5.91 Å². The van der Waals surface area contributed by atoms with Gasteiger partial charge in [0.15, 0.2) is 5.69 Å². The van der Waals surface area contributed by atoms with Crippen molar-refractivity contribution in [2.45, 2.75) is 57.3 Å². The lowest BCUT2D eigenvalue weighted by atomic mass is 9.92. The van der Waals surface area contributed by atoms with Gasteiger partial charge in [0, 0.05) is 35.6 Å². The molecule has 4 atom stereocenters. The molecule has 2 bridgehead atoms. The third kappa shape index (κ3) is 3.17. The number of benzene rings is 1. The Morgan fingerprint density at radius 3 is 2.85 bits per heavy atom. The molecule has 140 valence electrons. The summed E-state index contributed by atoms with van der Waals surface area (Å²) in [6, 6.07) is 5.94. The van der Waals surface area contributed by atoms with Crippen molar-refractivity contribution in [3.05, 3.63) is 23.9 Å². The Labute approximate surface area is 152 Å². The molecule has 2 aliphatic rings. The second kappa shape index (κ2) is 6.89. The average molecular weight is 358 g/mol. The van der Waals surface area contributed by atoms with E-state index < -0.39 is 0 Å². The maximum atomic E-state index is 13.0. The number of hydrogen-bond acceptors (Lipinski definition) is 5. The maximum Gasteiger partial charge on any atom is 0.272 e. The van der Waals surface area contributed by atoms with Gasteiger partial charge in [-0.25, -0.2) is 0 Å². The number of phenolic OH excluding ortho intramolecular Hbond substituents is 1. The molecule has 3 N–H and O–H groups in total. The van der Waals surface area contributed by atoms with Crippen molar-refractivity contribution in [1.82, 2.24) is 20.4 Å². The molecule has 1 aromatic carbocycles. The Kier molecular flexibility index (Phi) is 4.58. The fraction of sp³-hybridized carbons (Fsp3) is 0.579. The molecule has 0 saturated carbocycles. The van der Waals surface area contributed by atoms with E-state index in [2.05, 4.69) is 29.6 Å². The quantitative estimate of drug-likeness (QED) is 0.778. The third-order valence-electron chi connectivity index (χ3n) is 5.50. The summed E-state index contributed by atoms with van der Waals surface area (Å²) in [6.07, 6.45) is 2.63. The van der Waals surface area contributed by atoms with E-state index in [1.165, 1.54) is 0 Å². The van der Waals surface area contributed by atoms with Gasteiger partial charge in [-0.05, 0) is 38.3 Å². The smallest absolute Gasteiger partial charge is 0.272 e. The van der Waals surface area contributed by atoms with Crippen LogP contribution < -0.4 is 10.6 Å². The predicted octanol–water partition coefficient (Wildman–Crippen LogP) is 1.96. The first-order valence-corrected chi connectivity index (χ1v) is 9.41. The van der Waals surface area contributed by atoms with Crippen LogP contribution in [0.2, 0.25) is 0 Å². The van der Waals surface area contributed by atoms with Crippen molar-refractivity contribution in [1.29, 1.82) is 0 Å². The predicted molar refractivity (Wildman–Crippen MR) is 98.4 cm³/mol. The van der Waals surface area contributed by atoms with Crippen molar-refractivity contribution in [3.63, 3.8) is 0 Å². The second-order valence-electron chi connectivity index (χ2n) is 7.49. The van der Waals surface area contributed by atoms with Crippen LogP contribution in [0.3, 0.4) is 0 Å². The van der Waals surface area contributed by atoms with Crippen LogP contribution in [0.25, 0.3) is 10.9 Å². The molecule has 7 nitrogen and oxygen atoms in total. The van der Waals surface area contributed by atoms with Gasteiger partial charge in [0.2, 0.25) is 0 Å². The number of piperidine rings is 1. The fourth-order valence-corrected chi connectivity index (χ4v) is 4.01. The number of carbonyl (C=O) groups excluding carboxylic acids is 1. The Hall–Kier alpha value is -2.12. The summed E-state index contributed by atoms with van der Waals surface area (Å²) in [5.74, 6) is 0.0359. The number of amides is 1. The number of aromatic nitrogens is 2. The zero-order valence-electron chi connectivity index (χ0n) is 15.2. The highest BCUT2D eigenvalue weighted by molar-refractivity contribution is 6.05. The number of carbonyl (C=O) groups is 1. The van der Waals surface area contributed by atoms with Crippen LogP contribution in [0.1, 0.15) is 49.6 Å². The Bertz CT molecular complexity index is 806. The molecule has 26 heavy (non-hydrogen) atoms. The maximum absolute atomic E-state index is 13.0. The SMILES string of the molecule is CCC(C)n1nc(C(=O)N[C@H]2C[C@H]3COC[C@@H](C2)N3)c2ccc(O)cc21. The Morgan fingerprint density at radius 1 is 1.42 bits per heavy atom. The van der Waals surface area contributed by atoms with Crippen molar-refractivity contribution in [3.8, 4) is 5.75 Å². The summed E-state index contributed by atoms with van der Waals surface area (Å²) in [4.78, 5) is 13.0. The number of phenols is 1. The summed E-state index contributed by atoms with van der Waals surface area (Å²) in [6.45, 7) is 5.55. The number of aromatic hydroxyl groups is 1. The summed E-state index contributed by atoms with van der Waals surface area (Å²) in [5, 5.41) is 21.9. The highest BCUT2D eigenvalue weighted by Crippen LogP contribution is 2.27. The molecule has 0 spiro atoms. The van der Waals surface area contributed by atoms with Gasteiger partial charge in [-0.15, -0.1) is 0 Å². The number of ether oxygens (including phenoxy) is 1. The minimum Gasteiger partial charge on any atom is -0.508 e. The molecule has 3 heterocycles. The van der Waals surface area contributed by atoms with E-state index in [9.17, 15) is 9.90 Å². The van der Waals surface area contributed by atoms with Crippen LogP contribution in [0.4, 0.5) is 0 Å². The zero-order chi connectivity index (χ0) is 18.3. The van der Waals surface area contributed by atoms with E-state index in [0.717, 1.165) is 30.2 Å². The van der Waals surface area contributed by atoms with Gasteiger partial charge >= 0.3 is 0 Å². The van der Waals surface area contributed by atoms with Crippen molar-refractivity contribution < 1.29 is 14.6 Å². The Morgan fingerprint density at radius 2 is 2.15 bits per heavy atom. The summed E-state index contributed by atoms with van der Waals surface area (Å²) in [7, 11) is 0. The van der Waals surface area contributed by atoms with Gasteiger partial charge in [-0.2, -0.15) is 5.10 Å². The average Bonchev–Trinajstić information content (AvgIpc) is 2.99. The molecular weight excluding hydrogens is 332 g/mol. The molecule has 7 heteroatoms. The first-order chi connectivity index (χ1) is 12.5. The van der Waals surface area contributed by atoms with E-state index in [0.29, 0.717) is 31.0 Å². The van der Waals surface area contributed by atoms with Crippen molar-refractivity contribution in [2.75, 3.05) is 13.2 Å². The second-order valence-corrected chi connectivity index (χ2v) is 7.49. The molecule has 1 unspecified atom stereocenters. The summed E-state index contributed by atoms with van der Waals surface area (Å²) >= 11 is 0.